The summed E-state index contributed by atoms with van der Waals surface area (Å²) in [5.74, 6) is -0.646. The van der Waals surface area contributed by atoms with E-state index in [1.54, 1.807) is 18.5 Å². The number of nitrogens with zero attached hydrogens (tertiary/aromatic N) is 3. The Hall–Kier alpha value is -2.61. The fourth-order valence-corrected chi connectivity index (χ4v) is 2.95. The molecule has 1 aliphatic rings. The quantitative estimate of drug-likeness (QED) is 0.806. The van der Waals surface area contributed by atoms with Crippen LogP contribution in [0, 0.1) is 0 Å². The van der Waals surface area contributed by atoms with E-state index >= 15 is 0 Å². The number of aromatic nitrogens is 2. The van der Waals surface area contributed by atoms with Crippen LogP contribution in [0.5, 0.6) is 0 Å². The number of ether oxygens (including phenoxy) is 2. The van der Waals surface area contributed by atoms with Crippen molar-refractivity contribution in [1.29, 1.82) is 0 Å². The number of benzene rings is 1. The number of esters is 2. The minimum atomic E-state index is -0.408. The van der Waals surface area contributed by atoms with Gasteiger partial charge in [0.25, 0.3) is 0 Å². The van der Waals surface area contributed by atoms with E-state index in [1.807, 2.05) is 10.7 Å². The highest BCUT2D eigenvalue weighted by molar-refractivity contribution is 6.01. The first-order valence-corrected chi connectivity index (χ1v) is 7.74. The van der Waals surface area contributed by atoms with E-state index in [4.69, 9.17) is 9.47 Å². The SMILES string of the molecule is COC(=O)CC1CN(n2cnc3c(C(=O)OC)cccc32)CCN1. The second-order valence-corrected chi connectivity index (χ2v) is 5.60. The second-order valence-electron chi connectivity index (χ2n) is 5.60. The molecule has 0 spiro atoms. The molecule has 8 nitrogen and oxygen atoms in total. The number of carbonyl (C=O) groups excluding carboxylic acids is 2. The number of fused-ring (bicyclic) bond motifs is 1. The average molecular weight is 332 g/mol. The molecule has 1 saturated heterocycles. The van der Waals surface area contributed by atoms with E-state index in [9.17, 15) is 9.59 Å². The summed E-state index contributed by atoms with van der Waals surface area (Å²) in [6.45, 7) is 2.16. The topological polar surface area (TPSA) is 85.7 Å². The number of piperazine rings is 1. The third-order valence-corrected chi connectivity index (χ3v) is 4.14. The Bertz CT molecular complexity index is 758. The van der Waals surface area contributed by atoms with Gasteiger partial charge < -0.3 is 19.8 Å². The van der Waals surface area contributed by atoms with Gasteiger partial charge in [-0.3, -0.25) is 4.79 Å². The van der Waals surface area contributed by atoms with Gasteiger partial charge in [0.05, 0.1) is 38.3 Å². The number of hydrogen-bond acceptors (Lipinski definition) is 7. The number of para-hydroxylation sites is 1. The van der Waals surface area contributed by atoms with Crippen molar-refractivity contribution in [1.82, 2.24) is 15.0 Å². The minimum Gasteiger partial charge on any atom is -0.469 e. The smallest absolute Gasteiger partial charge is 0.340 e. The number of nitrogens with one attached hydrogen (secondary N) is 1. The van der Waals surface area contributed by atoms with Crippen molar-refractivity contribution in [2.24, 2.45) is 0 Å². The van der Waals surface area contributed by atoms with Crippen molar-refractivity contribution in [3.8, 4) is 0 Å². The van der Waals surface area contributed by atoms with Crippen LogP contribution in [-0.2, 0) is 14.3 Å². The van der Waals surface area contributed by atoms with Gasteiger partial charge in [-0.25, -0.2) is 14.5 Å². The van der Waals surface area contributed by atoms with Crippen LogP contribution in [0.2, 0.25) is 0 Å². The van der Waals surface area contributed by atoms with Crippen molar-refractivity contribution in [3.05, 3.63) is 30.1 Å². The molecular formula is C16H20N4O4. The molecule has 8 heteroatoms. The standard InChI is InChI=1S/C16H20N4O4/c1-23-14(21)8-11-9-19(7-6-17-11)20-10-18-15-12(16(22)24-2)4-3-5-13(15)20/h3-5,10-11,17H,6-9H2,1-2H3. The third kappa shape index (κ3) is 3.05. The van der Waals surface area contributed by atoms with Gasteiger partial charge in [0.2, 0.25) is 0 Å². The lowest BCUT2D eigenvalue weighted by molar-refractivity contribution is -0.141. The molecule has 1 N–H and O–H groups in total. The van der Waals surface area contributed by atoms with Gasteiger partial charge >= 0.3 is 11.9 Å². The number of carbonyl (C=O) groups is 2. The minimum absolute atomic E-state index is 0.00689. The summed E-state index contributed by atoms with van der Waals surface area (Å²) < 4.78 is 11.5. The Morgan fingerprint density at radius 2 is 2.17 bits per heavy atom. The zero-order chi connectivity index (χ0) is 17.1. The zero-order valence-electron chi connectivity index (χ0n) is 13.7. The monoisotopic (exact) mass is 332 g/mol. The van der Waals surface area contributed by atoms with Crippen LogP contribution in [0.4, 0.5) is 0 Å². The summed E-state index contributed by atoms with van der Waals surface area (Å²) >= 11 is 0. The van der Waals surface area contributed by atoms with Crippen LogP contribution >= 0.6 is 0 Å². The summed E-state index contributed by atoms with van der Waals surface area (Å²) in [6, 6.07) is 5.42. The van der Waals surface area contributed by atoms with Crippen molar-refractivity contribution in [3.63, 3.8) is 0 Å². The van der Waals surface area contributed by atoms with Gasteiger partial charge in [0.15, 0.2) is 0 Å². The number of methoxy groups -OCH3 is 2. The molecule has 1 aromatic carbocycles. The third-order valence-electron chi connectivity index (χ3n) is 4.14. The molecule has 0 radical (unpaired) electrons. The van der Waals surface area contributed by atoms with Crippen molar-refractivity contribution >= 4 is 23.0 Å². The molecule has 0 aliphatic carbocycles. The maximum absolute atomic E-state index is 11.9. The lowest BCUT2D eigenvalue weighted by atomic mass is 10.1. The van der Waals surface area contributed by atoms with E-state index in [-0.39, 0.29) is 12.0 Å². The molecule has 3 rings (SSSR count). The molecule has 1 atom stereocenters. The van der Waals surface area contributed by atoms with Gasteiger partial charge in [-0.15, -0.1) is 0 Å². The van der Waals surface area contributed by atoms with Crippen LogP contribution in [-0.4, -0.2) is 61.5 Å². The fraction of sp³-hybridized carbons (Fsp3) is 0.438. The van der Waals surface area contributed by atoms with E-state index in [0.29, 0.717) is 24.0 Å². The first-order chi connectivity index (χ1) is 11.6. The second kappa shape index (κ2) is 6.88. The summed E-state index contributed by atoms with van der Waals surface area (Å²) in [5, 5.41) is 5.41. The number of imidazole rings is 1. The molecule has 2 aromatic rings. The highest BCUT2D eigenvalue weighted by Gasteiger charge is 2.24. The Kier molecular flexibility index (Phi) is 4.66. The van der Waals surface area contributed by atoms with Crippen LogP contribution in [0.15, 0.2) is 24.5 Å². The maximum Gasteiger partial charge on any atom is 0.340 e. The van der Waals surface area contributed by atoms with Crippen LogP contribution in [0.3, 0.4) is 0 Å². The highest BCUT2D eigenvalue weighted by atomic mass is 16.5. The van der Waals surface area contributed by atoms with Gasteiger partial charge in [-0.05, 0) is 12.1 Å². The van der Waals surface area contributed by atoms with Crippen LogP contribution in [0.25, 0.3) is 11.0 Å². The predicted molar refractivity (Wildman–Crippen MR) is 87.4 cm³/mol. The fourth-order valence-electron chi connectivity index (χ4n) is 2.95. The molecule has 0 saturated carbocycles. The van der Waals surface area contributed by atoms with Gasteiger partial charge in [-0.2, -0.15) is 0 Å². The Morgan fingerprint density at radius 3 is 2.92 bits per heavy atom. The number of rotatable bonds is 4. The first-order valence-electron chi connectivity index (χ1n) is 7.74. The zero-order valence-corrected chi connectivity index (χ0v) is 13.7. The molecule has 2 heterocycles. The Balaban J connectivity index is 1.87. The normalized spacial score (nSPS) is 17.8. The van der Waals surface area contributed by atoms with E-state index in [1.165, 1.54) is 14.2 Å². The summed E-state index contributed by atoms with van der Waals surface area (Å²) in [7, 11) is 2.74. The average Bonchev–Trinajstić information content (AvgIpc) is 3.05. The summed E-state index contributed by atoms with van der Waals surface area (Å²) in [5.41, 5.74) is 1.87. The highest BCUT2D eigenvalue weighted by Crippen LogP contribution is 2.19. The van der Waals surface area contributed by atoms with Crippen LogP contribution < -0.4 is 10.3 Å². The molecule has 1 aliphatic heterocycles. The Morgan fingerprint density at radius 1 is 1.33 bits per heavy atom. The van der Waals surface area contributed by atoms with Crippen molar-refractivity contribution in [2.45, 2.75) is 12.5 Å². The van der Waals surface area contributed by atoms with Gasteiger partial charge in [0.1, 0.15) is 11.8 Å². The van der Waals surface area contributed by atoms with E-state index in [0.717, 1.165) is 18.6 Å². The van der Waals surface area contributed by atoms with E-state index < -0.39 is 5.97 Å². The molecule has 1 fully saturated rings. The summed E-state index contributed by atoms with van der Waals surface area (Å²) in [6.07, 6.45) is 2.00. The Labute approximate surface area is 139 Å². The predicted octanol–water partition coefficient (Wildman–Crippen LogP) is 0.296. The maximum atomic E-state index is 11.9. The lowest BCUT2D eigenvalue weighted by Crippen LogP contribution is -2.55. The van der Waals surface area contributed by atoms with E-state index in [2.05, 4.69) is 15.3 Å². The summed E-state index contributed by atoms with van der Waals surface area (Å²) in [4.78, 5) is 27.7. The molecule has 1 unspecified atom stereocenters. The molecule has 128 valence electrons. The molecule has 0 bridgehead atoms. The largest absolute Gasteiger partial charge is 0.469 e. The van der Waals surface area contributed by atoms with Crippen LogP contribution in [0.1, 0.15) is 16.8 Å². The van der Waals surface area contributed by atoms with Gasteiger partial charge in [0, 0.05) is 19.1 Å². The molecule has 1 aromatic heterocycles. The number of hydrogen-bond donors (Lipinski definition) is 1. The molecule has 0 amide bonds. The lowest BCUT2D eigenvalue weighted by Gasteiger charge is -2.35. The van der Waals surface area contributed by atoms with Gasteiger partial charge in [-0.1, -0.05) is 6.07 Å². The molecule has 24 heavy (non-hydrogen) atoms. The first kappa shape index (κ1) is 16.3. The molecular weight excluding hydrogens is 312 g/mol. The van der Waals surface area contributed by atoms with Crippen molar-refractivity contribution in [2.75, 3.05) is 38.9 Å². The van der Waals surface area contributed by atoms with Crippen molar-refractivity contribution < 1.29 is 19.1 Å².